The molecule has 1 N–H and O–H groups in total. The number of amides is 2. The first-order valence-electron chi connectivity index (χ1n) is 14.0. The van der Waals surface area contributed by atoms with Crippen LogP contribution in [-0.2, 0) is 11.3 Å². The lowest BCUT2D eigenvalue weighted by molar-refractivity contribution is -0.130. The molecule has 3 aromatic carbocycles. The highest BCUT2D eigenvalue weighted by Gasteiger charge is 2.33. The average Bonchev–Trinajstić information content (AvgIpc) is 3.83. The molecule has 0 saturated heterocycles. The molecule has 1 atom stereocenters. The summed E-state index contributed by atoms with van der Waals surface area (Å²) in [6.07, 6.45) is 0.619. The van der Waals surface area contributed by atoms with Gasteiger partial charge in [-0.15, -0.1) is 21.5 Å². The Morgan fingerprint density at radius 2 is 1.82 bits per heavy atom. The van der Waals surface area contributed by atoms with Crippen molar-refractivity contribution in [1.82, 2.24) is 25.1 Å². The zero-order valence-corrected chi connectivity index (χ0v) is 25.8. The second kappa shape index (κ2) is 13.3. The number of carbonyl (C=O) groups is 2. The molecular weight excluding hydrogens is 593 g/mol. The van der Waals surface area contributed by atoms with E-state index in [-0.39, 0.29) is 30.2 Å². The lowest BCUT2D eigenvalue weighted by Gasteiger charge is -2.22. The second-order valence-electron chi connectivity index (χ2n) is 10.2. The van der Waals surface area contributed by atoms with E-state index in [1.165, 1.54) is 11.8 Å². The van der Waals surface area contributed by atoms with Crippen molar-refractivity contribution in [2.45, 2.75) is 31.1 Å². The standard InChI is InChI=1S/C33H30N6O3S2/c1-22-8-6-9-24(18-22)32(41)34-20-30-35-36-33(38(30)25-10-4-3-5-11-25)44-21-31(40)39-28(23-13-15-26(42-2)16-14-23)19-27(37-39)29-12-7-17-43-29/h3-18,28H,19-21H2,1-2H3,(H,34,41). The lowest BCUT2D eigenvalue weighted by Crippen LogP contribution is -2.28. The fraction of sp³-hybridized carbons (Fsp3) is 0.182. The number of nitrogens with one attached hydrogen (secondary N) is 1. The molecule has 11 heteroatoms. The van der Waals surface area contributed by atoms with Crippen molar-refractivity contribution in [3.8, 4) is 11.4 Å². The van der Waals surface area contributed by atoms with Crippen molar-refractivity contribution >= 4 is 40.6 Å². The molecule has 0 spiro atoms. The number of thioether (sulfide) groups is 1. The van der Waals surface area contributed by atoms with E-state index in [9.17, 15) is 9.59 Å². The highest BCUT2D eigenvalue weighted by Crippen LogP contribution is 2.35. The molecule has 6 rings (SSSR count). The third-order valence-electron chi connectivity index (χ3n) is 7.20. The number of methoxy groups -OCH3 is 1. The summed E-state index contributed by atoms with van der Waals surface area (Å²) in [7, 11) is 1.63. The summed E-state index contributed by atoms with van der Waals surface area (Å²) in [6, 6.07) is 28.6. The summed E-state index contributed by atoms with van der Waals surface area (Å²) in [4.78, 5) is 27.6. The van der Waals surface area contributed by atoms with E-state index in [1.807, 2.05) is 102 Å². The predicted molar refractivity (Wildman–Crippen MR) is 172 cm³/mol. The minimum absolute atomic E-state index is 0.106. The first kappa shape index (κ1) is 29.3. The molecule has 5 aromatic rings. The molecule has 9 nitrogen and oxygen atoms in total. The topological polar surface area (TPSA) is 102 Å². The summed E-state index contributed by atoms with van der Waals surface area (Å²) in [5.41, 5.74) is 4.29. The molecule has 2 aromatic heterocycles. The van der Waals surface area contributed by atoms with E-state index in [1.54, 1.807) is 29.5 Å². The highest BCUT2D eigenvalue weighted by atomic mass is 32.2. The van der Waals surface area contributed by atoms with E-state index < -0.39 is 0 Å². The number of hydrogen-bond acceptors (Lipinski definition) is 8. The number of carbonyl (C=O) groups excluding carboxylic acids is 2. The Kier molecular flexibility index (Phi) is 8.85. The largest absolute Gasteiger partial charge is 0.497 e. The van der Waals surface area contributed by atoms with E-state index in [2.05, 4.69) is 15.5 Å². The number of hydrazone groups is 1. The maximum atomic E-state index is 13.8. The van der Waals surface area contributed by atoms with Crippen LogP contribution in [0.2, 0.25) is 0 Å². The van der Waals surface area contributed by atoms with Crippen LogP contribution in [0.4, 0.5) is 0 Å². The molecule has 0 aliphatic carbocycles. The molecule has 1 unspecified atom stereocenters. The third-order valence-corrected chi connectivity index (χ3v) is 9.03. The molecule has 0 bridgehead atoms. The Morgan fingerprint density at radius 1 is 1.00 bits per heavy atom. The molecule has 1 aliphatic heterocycles. The summed E-state index contributed by atoms with van der Waals surface area (Å²) in [6.45, 7) is 2.12. The van der Waals surface area contributed by atoms with Crippen molar-refractivity contribution in [2.24, 2.45) is 5.10 Å². The monoisotopic (exact) mass is 622 g/mol. The molecule has 44 heavy (non-hydrogen) atoms. The molecule has 0 saturated carbocycles. The molecule has 222 valence electrons. The van der Waals surface area contributed by atoms with Crippen molar-refractivity contribution in [1.29, 1.82) is 0 Å². The average molecular weight is 623 g/mol. The Hall–Kier alpha value is -4.74. The van der Waals surface area contributed by atoms with Crippen LogP contribution in [0.3, 0.4) is 0 Å². The van der Waals surface area contributed by atoms with Crippen molar-refractivity contribution in [3.63, 3.8) is 0 Å². The van der Waals surface area contributed by atoms with Gasteiger partial charge in [-0.25, -0.2) is 5.01 Å². The summed E-state index contributed by atoms with van der Waals surface area (Å²) in [5.74, 6) is 1.08. The molecule has 3 heterocycles. The second-order valence-corrected chi connectivity index (χ2v) is 12.1. The number of ether oxygens (including phenoxy) is 1. The van der Waals surface area contributed by atoms with Gasteiger partial charge in [-0.1, -0.05) is 65.9 Å². The molecule has 1 aliphatic rings. The minimum atomic E-state index is -0.231. The van der Waals surface area contributed by atoms with Crippen molar-refractivity contribution < 1.29 is 14.3 Å². The van der Waals surface area contributed by atoms with Crippen LogP contribution in [-0.4, -0.2) is 50.2 Å². The number of nitrogens with zero attached hydrogens (tertiary/aromatic N) is 5. The quantitative estimate of drug-likeness (QED) is 0.191. The normalized spacial score (nSPS) is 14.4. The summed E-state index contributed by atoms with van der Waals surface area (Å²) >= 11 is 2.90. The van der Waals surface area contributed by atoms with Crippen LogP contribution in [0.1, 0.15) is 44.6 Å². The number of rotatable bonds is 10. The number of para-hydroxylation sites is 1. The van der Waals surface area contributed by atoms with E-state index in [4.69, 9.17) is 9.84 Å². The molecular formula is C33H30N6O3S2. The van der Waals surface area contributed by atoms with Crippen LogP contribution in [0.5, 0.6) is 5.75 Å². The van der Waals surface area contributed by atoms with E-state index in [0.717, 1.165) is 33.2 Å². The first-order chi connectivity index (χ1) is 21.5. The number of thiophene rings is 1. The minimum Gasteiger partial charge on any atom is -0.497 e. The number of aromatic nitrogens is 3. The Bertz CT molecular complexity index is 1790. The van der Waals surface area contributed by atoms with E-state index in [0.29, 0.717) is 23.0 Å². The van der Waals surface area contributed by atoms with Gasteiger partial charge in [-0.3, -0.25) is 14.2 Å². The fourth-order valence-corrected chi connectivity index (χ4v) is 6.55. The Morgan fingerprint density at radius 3 is 2.55 bits per heavy atom. The van der Waals surface area contributed by atoms with Gasteiger partial charge >= 0.3 is 0 Å². The van der Waals surface area contributed by atoms with Gasteiger partial charge in [-0.05, 0) is 60.3 Å². The van der Waals surface area contributed by atoms with Gasteiger partial charge in [-0.2, -0.15) is 5.10 Å². The highest BCUT2D eigenvalue weighted by molar-refractivity contribution is 7.99. The fourth-order valence-electron chi connectivity index (χ4n) is 5.00. The third kappa shape index (κ3) is 6.43. The Balaban J connectivity index is 1.22. The zero-order chi connectivity index (χ0) is 30.5. The van der Waals surface area contributed by atoms with Gasteiger partial charge < -0.3 is 10.1 Å². The van der Waals surface area contributed by atoms with Crippen molar-refractivity contribution in [3.05, 3.63) is 124 Å². The number of benzene rings is 3. The van der Waals surface area contributed by atoms with Gasteiger partial charge in [0.1, 0.15) is 5.75 Å². The Labute approximate surface area is 263 Å². The molecule has 0 radical (unpaired) electrons. The van der Waals surface area contributed by atoms with Crippen LogP contribution in [0.25, 0.3) is 5.69 Å². The molecule has 0 fully saturated rings. The van der Waals surface area contributed by atoms with Gasteiger partial charge in [0, 0.05) is 17.7 Å². The zero-order valence-electron chi connectivity index (χ0n) is 24.2. The van der Waals surface area contributed by atoms with Crippen molar-refractivity contribution in [2.75, 3.05) is 12.9 Å². The maximum Gasteiger partial charge on any atom is 0.253 e. The number of aryl methyl sites for hydroxylation is 1. The smallest absolute Gasteiger partial charge is 0.253 e. The SMILES string of the molecule is COc1ccc(C2CC(c3cccs3)=NN2C(=O)CSc2nnc(CNC(=O)c3cccc(C)c3)n2-c2ccccc2)cc1. The van der Waals surface area contributed by atoms with Crippen LogP contribution in [0.15, 0.2) is 107 Å². The summed E-state index contributed by atoms with van der Waals surface area (Å²) < 4.78 is 7.21. The van der Waals surface area contributed by atoms with Gasteiger partial charge in [0.2, 0.25) is 0 Å². The lowest BCUT2D eigenvalue weighted by atomic mass is 10.0. The number of hydrogen-bond donors (Lipinski definition) is 1. The van der Waals surface area contributed by atoms with Gasteiger partial charge in [0.25, 0.3) is 11.8 Å². The van der Waals surface area contributed by atoms with Crippen LogP contribution in [0, 0.1) is 6.92 Å². The predicted octanol–water partition coefficient (Wildman–Crippen LogP) is 6.05. The molecule has 2 amide bonds. The van der Waals surface area contributed by atoms with Gasteiger partial charge in [0.05, 0.1) is 36.0 Å². The first-order valence-corrected chi connectivity index (χ1v) is 15.9. The summed E-state index contributed by atoms with van der Waals surface area (Å²) in [5, 5.41) is 20.7. The van der Waals surface area contributed by atoms with Crippen LogP contribution < -0.4 is 10.1 Å². The maximum absolute atomic E-state index is 13.8. The van der Waals surface area contributed by atoms with E-state index >= 15 is 0 Å². The van der Waals surface area contributed by atoms with Gasteiger partial charge in [0.15, 0.2) is 11.0 Å². The van der Waals surface area contributed by atoms with Crippen LogP contribution >= 0.6 is 23.1 Å².